The Bertz CT molecular complexity index is 763. The zero-order valence-corrected chi connectivity index (χ0v) is 29.9. The fourth-order valence-corrected chi connectivity index (χ4v) is 5.17. The lowest BCUT2D eigenvalue weighted by molar-refractivity contribution is -0.158. The molecule has 0 aromatic rings. The van der Waals surface area contributed by atoms with Gasteiger partial charge < -0.3 is 9.47 Å². The van der Waals surface area contributed by atoms with Crippen molar-refractivity contribution in [1.82, 2.24) is 0 Å². The van der Waals surface area contributed by atoms with Gasteiger partial charge in [0.15, 0.2) is 0 Å². The maximum absolute atomic E-state index is 12.1. The lowest BCUT2D eigenvalue weighted by atomic mass is 10.0. The van der Waals surface area contributed by atoms with Gasteiger partial charge in [-0.2, -0.15) is 0 Å². The highest BCUT2D eigenvalue weighted by Gasteiger charge is 2.12. The van der Waals surface area contributed by atoms with Crippen molar-refractivity contribution in [2.24, 2.45) is 0 Å². The van der Waals surface area contributed by atoms with Crippen molar-refractivity contribution in [3.05, 3.63) is 48.6 Å². The summed E-state index contributed by atoms with van der Waals surface area (Å²) >= 11 is 0. The molecule has 0 aliphatic rings. The molecule has 4 heteroatoms. The van der Waals surface area contributed by atoms with Crippen LogP contribution in [0.25, 0.3) is 0 Å². The van der Waals surface area contributed by atoms with E-state index in [4.69, 9.17) is 9.47 Å². The van der Waals surface area contributed by atoms with Gasteiger partial charge in [0.25, 0.3) is 0 Å². The van der Waals surface area contributed by atoms with Gasteiger partial charge >= 0.3 is 11.9 Å². The number of rotatable bonds is 33. The van der Waals surface area contributed by atoms with Gasteiger partial charge in [-0.1, -0.05) is 165 Å². The molecule has 0 bridgehead atoms. The third kappa shape index (κ3) is 36.2. The summed E-state index contributed by atoms with van der Waals surface area (Å²) in [5.74, 6) is -0.412. The maximum Gasteiger partial charge on any atom is 0.306 e. The predicted molar refractivity (Wildman–Crippen MR) is 194 cm³/mol. The van der Waals surface area contributed by atoms with Crippen molar-refractivity contribution in [3.63, 3.8) is 0 Å². The summed E-state index contributed by atoms with van der Waals surface area (Å²) in [6.07, 6.45) is 47.3. The molecule has 0 rings (SSSR count). The van der Waals surface area contributed by atoms with E-state index in [1.54, 1.807) is 6.92 Å². The number of carbonyl (C=O) groups is 2. The smallest absolute Gasteiger partial charge is 0.306 e. The van der Waals surface area contributed by atoms with Crippen molar-refractivity contribution in [2.45, 2.75) is 194 Å². The minimum atomic E-state index is -0.404. The molecular weight excluding hydrogens is 556 g/mol. The third-order valence-electron chi connectivity index (χ3n) is 8.01. The van der Waals surface area contributed by atoms with Crippen LogP contribution in [0.3, 0.4) is 0 Å². The molecule has 1 atom stereocenters. The van der Waals surface area contributed by atoms with E-state index in [1.807, 2.05) is 0 Å². The summed E-state index contributed by atoms with van der Waals surface area (Å²) in [7, 11) is 0. The first-order valence-electron chi connectivity index (χ1n) is 19.0. The second kappa shape index (κ2) is 36.4. The highest BCUT2D eigenvalue weighted by atomic mass is 16.6. The molecule has 0 aliphatic carbocycles. The average Bonchev–Trinajstić information content (AvgIpc) is 3.03. The van der Waals surface area contributed by atoms with Crippen LogP contribution in [0, 0.1) is 0 Å². The van der Waals surface area contributed by atoms with E-state index in [2.05, 4.69) is 62.5 Å². The summed E-state index contributed by atoms with van der Waals surface area (Å²) in [6.45, 7) is 6.43. The van der Waals surface area contributed by atoms with E-state index in [0.29, 0.717) is 12.8 Å². The summed E-state index contributed by atoms with van der Waals surface area (Å²) in [5.41, 5.74) is 0. The monoisotopic (exact) mass is 629 g/mol. The van der Waals surface area contributed by atoms with Crippen LogP contribution in [-0.2, 0) is 19.1 Å². The quantitative estimate of drug-likeness (QED) is 0.0412. The van der Waals surface area contributed by atoms with Crippen LogP contribution in [0.15, 0.2) is 48.6 Å². The second-order valence-electron chi connectivity index (χ2n) is 12.7. The van der Waals surface area contributed by atoms with Crippen LogP contribution in [0.4, 0.5) is 0 Å². The first kappa shape index (κ1) is 42.9. The Morgan fingerprint density at radius 1 is 0.467 bits per heavy atom. The molecule has 0 heterocycles. The van der Waals surface area contributed by atoms with E-state index in [1.165, 1.54) is 109 Å². The molecule has 0 saturated heterocycles. The second-order valence-corrected chi connectivity index (χ2v) is 12.7. The molecule has 0 amide bonds. The molecule has 0 N–H and O–H groups in total. The van der Waals surface area contributed by atoms with E-state index < -0.39 is 6.10 Å². The minimum absolute atomic E-state index is 0.139. The molecule has 45 heavy (non-hydrogen) atoms. The van der Waals surface area contributed by atoms with Gasteiger partial charge in [0.2, 0.25) is 0 Å². The molecule has 0 aromatic carbocycles. The Labute approximate surface area is 279 Å². The number of allylic oxidation sites excluding steroid dienone is 8. The SMILES string of the molecule is CCCCC/C=C\C/C=C\C/C=C\C/C=C\CCCC(=O)O[C@@H](C)COC(=O)CCCCCCCCCCCCCCCCC. The van der Waals surface area contributed by atoms with Crippen LogP contribution in [0.2, 0.25) is 0 Å². The van der Waals surface area contributed by atoms with E-state index in [0.717, 1.165) is 44.9 Å². The molecule has 0 fully saturated rings. The summed E-state index contributed by atoms with van der Waals surface area (Å²) in [4.78, 5) is 24.1. The Hall–Kier alpha value is -2.10. The fourth-order valence-electron chi connectivity index (χ4n) is 5.17. The molecule has 260 valence electrons. The van der Waals surface area contributed by atoms with Gasteiger partial charge in [0.05, 0.1) is 0 Å². The Kier molecular flexibility index (Phi) is 34.7. The van der Waals surface area contributed by atoms with Crippen molar-refractivity contribution in [2.75, 3.05) is 6.61 Å². The van der Waals surface area contributed by atoms with Gasteiger partial charge in [-0.3, -0.25) is 9.59 Å². The lowest BCUT2D eigenvalue weighted by Gasteiger charge is -2.13. The number of hydrogen-bond donors (Lipinski definition) is 0. The molecule has 0 spiro atoms. The van der Waals surface area contributed by atoms with Crippen LogP contribution in [0.1, 0.15) is 188 Å². The normalized spacial score (nSPS) is 12.7. The van der Waals surface area contributed by atoms with Crippen LogP contribution in [0.5, 0.6) is 0 Å². The summed E-state index contributed by atoms with van der Waals surface area (Å²) < 4.78 is 10.7. The number of unbranched alkanes of at least 4 members (excludes halogenated alkanes) is 18. The Morgan fingerprint density at radius 2 is 0.844 bits per heavy atom. The third-order valence-corrected chi connectivity index (χ3v) is 8.01. The van der Waals surface area contributed by atoms with Crippen molar-refractivity contribution in [3.8, 4) is 0 Å². The first-order valence-corrected chi connectivity index (χ1v) is 19.0. The number of ether oxygens (including phenoxy) is 2. The largest absolute Gasteiger partial charge is 0.462 e. The molecule has 0 unspecified atom stereocenters. The summed E-state index contributed by atoms with van der Waals surface area (Å²) in [6, 6.07) is 0. The number of carbonyl (C=O) groups excluding carboxylic acids is 2. The molecule has 0 aromatic heterocycles. The molecular formula is C41H72O4. The van der Waals surface area contributed by atoms with Gasteiger partial charge in [-0.15, -0.1) is 0 Å². The Morgan fingerprint density at radius 3 is 1.33 bits per heavy atom. The fraction of sp³-hybridized carbons (Fsp3) is 0.756. The molecule has 0 aliphatic heterocycles. The highest BCUT2D eigenvalue weighted by molar-refractivity contribution is 5.70. The van der Waals surface area contributed by atoms with Gasteiger partial charge in [0.1, 0.15) is 12.7 Å². The van der Waals surface area contributed by atoms with Gasteiger partial charge in [-0.05, 0) is 58.3 Å². The van der Waals surface area contributed by atoms with Crippen molar-refractivity contribution >= 4 is 11.9 Å². The van der Waals surface area contributed by atoms with Crippen molar-refractivity contribution in [1.29, 1.82) is 0 Å². The standard InChI is InChI=1S/C41H72O4/c1-4-6-8-10-12-14-16-18-20-21-23-25-27-29-31-33-35-37-41(43)45-39(3)38-44-40(42)36-34-32-30-28-26-24-22-19-17-15-13-11-9-7-5-2/h12,14,18,20,23,25,29,31,39H,4-11,13,15-17,19,21-22,24,26-28,30,32-38H2,1-3H3/b14-12-,20-18-,25-23-,31-29-/t39-/m0/s1. The average molecular weight is 629 g/mol. The zero-order chi connectivity index (χ0) is 32.9. The van der Waals surface area contributed by atoms with E-state index in [9.17, 15) is 9.59 Å². The van der Waals surface area contributed by atoms with Crippen LogP contribution in [-0.4, -0.2) is 24.6 Å². The van der Waals surface area contributed by atoms with Gasteiger partial charge in [0, 0.05) is 12.8 Å². The zero-order valence-electron chi connectivity index (χ0n) is 29.9. The lowest BCUT2D eigenvalue weighted by Crippen LogP contribution is -2.22. The van der Waals surface area contributed by atoms with Crippen LogP contribution < -0.4 is 0 Å². The van der Waals surface area contributed by atoms with E-state index in [-0.39, 0.29) is 18.5 Å². The first-order chi connectivity index (χ1) is 22.1. The molecule has 4 nitrogen and oxygen atoms in total. The van der Waals surface area contributed by atoms with Crippen molar-refractivity contribution < 1.29 is 19.1 Å². The number of hydrogen-bond acceptors (Lipinski definition) is 4. The predicted octanol–water partition coefficient (Wildman–Crippen LogP) is 12.9. The molecule has 0 radical (unpaired) electrons. The maximum atomic E-state index is 12.1. The highest BCUT2D eigenvalue weighted by Crippen LogP contribution is 2.14. The number of esters is 2. The van der Waals surface area contributed by atoms with E-state index >= 15 is 0 Å². The summed E-state index contributed by atoms with van der Waals surface area (Å²) in [5, 5.41) is 0. The Balaban J connectivity index is 3.55. The molecule has 0 saturated carbocycles. The van der Waals surface area contributed by atoms with Crippen LogP contribution >= 0.6 is 0 Å². The topological polar surface area (TPSA) is 52.6 Å². The van der Waals surface area contributed by atoms with Gasteiger partial charge in [-0.25, -0.2) is 0 Å². The minimum Gasteiger partial charge on any atom is -0.462 e.